The summed E-state index contributed by atoms with van der Waals surface area (Å²) in [4.78, 5) is 26.0. The lowest BCUT2D eigenvalue weighted by Gasteiger charge is -1.98. The number of anilines is 1. The van der Waals surface area contributed by atoms with Gasteiger partial charge in [-0.15, -0.1) is 11.3 Å². The third-order valence-corrected chi connectivity index (χ3v) is 3.35. The summed E-state index contributed by atoms with van der Waals surface area (Å²) in [5.74, 6) is 0.179. The normalized spacial score (nSPS) is 10.6. The number of carbonyl (C=O) groups is 1. The number of rotatable bonds is 3. The van der Waals surface area contributed by atoms with E-state index in [1.165, 1.54) is 0 Å². The van der Waals surface area contributed by atoms with Crippen LogP contribution in [-0.2, 0) is 0 Å². The zero-order valence-electron chi connectivity index (χ0n) is 10.1. The number of aromatic nitrogens is 4. The molecule has 0 aliphatic rings. The molecule has 0 radical (unpaired) electrons. The molecule has 0 saturated carbocycles. The van der Waals surface area contributed by atoms with Crippen molar-refractivity contribution < 1.29 is 4.79 Å². The molecule has 0 unspecified atom stereocenters. The lowest BCUT2D eigenvalue weighted by Crippen LogP contribution is -2.13. The summed E-state index contributed by atoms with van der Waals surface area (Å²) in [6.45, 7) is 1.95. The monoisotopic (exact) mass is 273 g/mol. The molecule has 0 aliphatic heterocycles. The molecule has 3 aromatic heterocycles. The highest BCUT2D eigenvalue weighted by Crippen LogP contribution is 2.22. The van der Waals surface area contributed by atoms with Gasteiger partial charge in [0.1, 0.15) is 5.69 Å². The molecule has 0 bridgehead atoms. The summed E-state index contributed by atoms with van der Waals surface area (Å²) >= 11 is 1.58. The first kappa shape index (κ1) is 11.7. The second-order valence-electron chi connectivity index (χ2n) is 3.95. The van der Waals surface area contributed by atoms with Gasteiger partial charge in [-0.05, 0) is 13.0 Å². The molecule has 6 nitrogen and oxygen atoms in total. The molecule has 0 fully saturated rings. The van der Waals surface area contributed by atoms with Crippen LogP contribution in [0.2, 0.25) is 0 Å². The van der Waals surface area contributed by atoms with Crippen molar-refractivity contribution in [3.8, 4) is 11.3 Å². The molecule has 0 aromatic carbocycles. The van der Waals surface area contributed by atoms with Crippen LogP contribution in [0.25, 0.3) is 11.3 Å². The summed E-state index contributed by atoms with van der Waals surface area (Å²) in [7, 11) is 0. The van der Waals surface area contributed by atoms with Crippen LogP contribution in [0, 0.1) is 6.92 Å². The van der Waals surface area contributed by atoms with E-state index in [0.29, 0.717) is 11.6 Å². The Kier molecular flexibility index (Phi) is 2.88. The van der Waals surface area contributed by atoms with E-state index in [1.807, 2.05) is 12.3 Å². The maximum atomic E-state index is 11.9. The number of aryl methyl sites for hydroxylation is 1. The van der Waals surface area contributed by atoms with Gasteiger partial charge < -0.3 is 9.97 Å². The second-order valence-corrected chi connectivity index (χ2v) is 5.01. The van der Waals surface area contributed by atoms with E-state index >= 15 is 0 Å². The van der Waals surface area contributed by atoms with Crippen LogP contribution < -0.4 is 5.32 Å². The lowest BCUT2D eigenvalue weighted by molar-refractivity contribution is 0.102. The number of nitrogens with one attached hydrogen (secondary N) is 3. The Labute approximate surface area is 112 Å². The highest BCUT2D eigenvalue weighted by atomic mass is 32.1. The predicted molar refractivity (Wildman–Crippen MR) is 73.2 cm³/mol. The van der Waals surface area contributed by atoms with E-state index in [0.717, 1.165) is 16.3 Å². The Hall–Kier alpha value is -2.41. The smallest absolute Gasteiger partial charge is 0.274 e. The minimum atomic E-state index is -0.242. The second kappa shape index (κ2) is 4.69. The van der Waals surface area contributed by atoms with Gasteiger partial charge in [-0.25, -0.2) is 9.97 Å². The third kappa shape index (κ3) is 2.41. The average Bonchev–Trinajstić information content (AvgIpc) is 3.07. The van der Waals surface area contributed by atoms with Crippen LogP contribution in [-0.4, -0.2) is 25.8 Å². The Balaban J connectivity index is 1.79. The van der Waals surface area contributed by atoms with E-state index in [4.69, 9.17) is 0 Å². The highest BCUT2D eigenvalue weighted by molar-refractivity contribution is 7.09. The molecule has 96 valence electrons. The minimum absolute atomic E-state index is 0.242. The zero-order chi connectivity index (χ0) is 13.2. The fourth-order valence-corrected chi connectivity index (χ4v) is 2.30. The molecule has 0 spiro atoms. The molecule has 0 atom stereocenters. The van der Waals surface area contributed by atoms with Crippen LogP contribution in [0.15, 0.2) is 30.0 Å². The number of H-pyrrole nitrogens is 2. The number of thiazole rings is 1. The summed E-state index contributed by atoms with van der Waals surface area (Å²) < 4.78 is 0. The molecule has 0 aliphatic carbocycles. The van der Waals surface area contributed by atoms with Gasteiger partial charge in [-0.3, -0.25) is 10.1 Å². The predicted octanol–water partition coefficient (Wildman–Crippen LogP) is 2.42. The topological polar surface area (TPSA) is 86.5 Å². The van der Waals surface area contributed by atoms with E-state index in [9.17, 15) is 4.79 Å². The van der Waals surface area contributed by atoms with Crippen LogP contribution in [0.4, 0.5) is 5.95 Å². The molecule has 3 rings (SSSR count). The Bertz CT molecular complexity index is 697. The number of nitrogens with zero attached hydrogens (tertiary/aromatic N) is 2. The Morgan fingerprint density at radius 1 is 1.42 bits per heavy atom. The minimum Gasteiger partial charge on any atom is -0.357 e. The largest absolute Gasteiger partial charge is 0.357 e. The lowest BCUT2D eigenvalue weighted by atomic mass is 10.2. The molecule has 0 saturated heterocycles. The fourth-order valence-electron chi connectivity index (χ4n) is 1.68. The van der Waals surface area contributed by atoms with E-state index in [1.54, 1.807) is 36.0 Å². The van der Waals surface area contributed by atoms with Crippen LogP contribution in [0.3, 0.4) is 0 Å². The van der Waals surface area contributed by atoms with E-state index in [2.05, 4.69) is 25.3 Å². The Morgan fingerprint density at radius 3 is 3.00 bits per heavy atom. The van der Waals surface area contributed by atoms with Crippen LogP contribution >= 0.6 is 11.3 Å². The quantitative estimate of drug-likeness (QED) is 0.685. The summed E-state index contributed by atoms with van der Waals surface area (Å²) in [6.07, 6.45) is 4.99. The van der Waals surface area contributed by atoms with Crippen molar-refractivity contribution in [2.45, 2.75) is 6.92 Å². The summed E-state index contributed by atoms with van der Waals surface area (Å²) in [5.41, 5.74) is 2.24. The zero-order valence-corrected chi connectivity index (χ0v) is 10.9. The van der Waals surface area contributed by atoms with Crippen molar-refractivity contribution in [1.29, 1.82) is 0 Å². The maximum absolute atomic E-state index is 11.9. The standard InChI is InChI=1S/C12H11N5OS/c1-7-16-10(6-19-7)8-4-9(15-5-8)11(18)17-12-13-2-3-14-12/h2-6,15H,1H3,(H2,13,14,17,18). The first-order valence-corrected chi connectivity index (χ1v) is 6.52. The van der Waals surface area contributed by atoms with Crippen molar-refractivity contribution in [3.05, 3.63) is 40.7 Å². The van der Waals surface area contributed by atoms with Crippen LogP contribution in [0.1, 0.15) is 15.5 Å². The van der Waals surface area contributed by atoms with E-state index < -0.39 is 0 Å². The molecule has 3 heterocycles. The van der Waals surface area contributed by atoms with Gasteiger partial charge in [0.15, 0.2) is 0 Å². The van der Waals surface area contributed by atoms with Gasteiger partial charge in [0, 0.05) is 29.5 Å². The molecule has 1 amide bonds. The van der Waals surface area contributed by atoms with Crippen molar-refractivity contribution in [1.82, 2.24) is 19.9 Å². The molecule has 7 heteroatoms. The molecule has 19 heavy (non-hydrogen) atoms. The number of imidazole rings is 1. The van der Waals surface area contributed by atoms with Gasteiger partial charge in [-0.2, -0.15) is 0 Å². The number of hydrogen-bond acceptors (Lipinski definition) is 4. The summed E-state index contributed by atoms with van der Waals surface area (Å²) in [6, 6.07) is 1.77. The summed E-state index contributed by atoms with van der Waals surface area (Å²) in [5, 5.41) is 5.62. The maximum Gasteiger partial charge on any atom is 0.274 e. The SMILES string of the molecule is Cc1nc(-c2c[nH]c(C(=O)Nc3ncc[nH]3)c2)cs1. The van der Waals surface area contributed by atoms with Crippen molar-refractivity contribution in [2.75, 3.05) is 5.32 Å². The molecular formula is C12H11N5OS. The fraction of sp³-hybridized carbons (Fsp3) is 0.0833. The van der Waals surface area contributed by atoms with Gasteiger partial charge in [-0.1, -0.05) is 0 Å². The van der Waals surface area contributed by atoms with E-state index in [-0.39, 0.29) is 5.91 Å². The van der Waals surface area contributed by atoms with Crippen molar-refractivity contribution >= 4 is 23.2 Å². The highest BCUT2D eigenvalue weighted by Gasteiger charge is 2.12. The molecule has 3 N–H and O–H groups in total. The van der Waals surface area contributed by atoms with Crippen molar-refractivity contribution in [3.63, 3.8) is 0 Å². The number of amides is 1. The number of aromatic amines is 2. The number of carbonyl (C=O) groups excluding carboxylic acids is 1. The van der Waals surface area contributed by atoms with Gasteiger partial charge >= 0.3 is 0 Å². The van der Waals surface area contributed by atoms with Crippen LogP contribution in [0.5, 0.6) is 0 Å². The van der Waals surface area contributed by atoms with Gasteiger partial charge in [0.2, 0.25) is 5.95 Å². The first-order valence-electron chi connectivity index (χ1n) is 5.64. The molecular weight excluding hydrogens is 262 g/mol. The number of hydrogen-bond donors (Lipinski definition) is 3. The average molecular weight is 273 g/mol. The molecule has 3 aromatic rings. The third-order valence-electron chi connectivity index (χ3n) is 2.57. The van der Waals surface area contributed by atoms with Gasteiger partial charge in [0.25, 0.3) is 5.91 Å². The van der Waals surface area contributed by atoms with Gasteiger partial charge in [0.05, 0.1) is 10.7 Å². The van der Waals surface area contributed by atoms with Crippen molar-refractivity contribution in [2.24, 2.45) is 0 Å². The first-order chi connectivity index (χ1) is 9.22. The Morgan fingerprint density at radius 2 is 2.32 bits per heavy atom.